The summed E-state index contributed by atoms with van der Waals surface area (Å²) in [7, 11) is 0. The molecular weight excluding hydrogens is 301 g/mol. The van der Waals surface area contributed by atoms with Gasteiger partial charge < -0.3 is 5.32 Å². The number of nitrogens with one attached hydrogen (secondary N) is 1. The van der Waals surface area contributed by atoms with E-state index in [-0.39, 0.29) is 6.04 Å². The van der Waals surface area contributed by atoms with E-state index in [0.717, 1.165) is 28.6 Å². The van der Waals surface area contributed by atoms with E-state index in [0.29, 0.717) is 0 Å². The van der Waals surface area contributed by atoms with E-state index in [2.05, 4.69) is 44.3 Å². The highest BCUT2D eigenvalue weighted by molar-refractivity contribution is 6.33. The highest BCUT2D eigenvalue weighted by atomic mass is 35.5. The van der Waals surface area contributed by atoms with Crippen LogP contribution in [0.5, 0.6) is 0 Å². The van der Waals surface area contributed by atoms with Crippen molar-refractivity contribution in [3.8, 4) is 0 Å². The van der Waals surface area contributed by atoms with Crippen molar-refractivity contribution < 1.29 is 0 Å². The molecule has 1 nitrogen and oxygen atoms in total. The fraction of sp³-hybridized carbons (Fsp3) is 0.333. The minimum absolute atomic E-state index is 0.169. The van der Waals surface area contributed by atoms with Gasteiger partial charge in [0.25, 0.3) is 0 Å². The number of rotatable bonds is 5. The molecule has 2 aromatic carbocycles. The van der Waals surface area contributed by atoms with Gasteiger partial charge in [-0.25, -0.2) is 0 Å². The highest BCUT2D eigenvalue weighted by Gasteiger charge is 2.15. The Balaban J connectivity index is 2.32. The number of hydrogen-bond donors (Lipinski definition) is 1. The number of hydrogen-bond acceptors (Lipinski definition) is 1. The monoisotopic (exact) mass is 321 g/mol. The lowest BCUT2D eigenvalue weighted by Gasteiger charge is -2.20. The van der Waals surface area contributed by atoms with Gasteiger partial charge in [0.1, 0.15) is 0 Å². The Bertz CT molecular complexity index is 602. The second kappa shape index (κ2) is 7.31. The molecule has 1 atom stereocenters. The molecule has 0 aliphatic rings. The topological polar surface area (TPSA) is 12.0 Å². The number of halogens is 2. The van der Waals surface area contributed by atoms with Crippen molar-refractivity contribution in [1.82, 2.24) is 5.32 Å². The molecule has 0 aliphatic heterocycles. The van der Waals surface area contributed by atoms with Crippen LogP contribution in [0.25, 0.3) is 0 Å². The molecule has 0 fully saturated rings. The third kappa shape index (κ3) is 4.47. The number of benzene rings is 2. The van der Waals surface area contributed by atoms with Crippen LogP contribution in [0.3, 0.4) is 0 Å². The third-order valence-corrected chi connectivity index (χ3v) is 4.08. The molecule has 0 aliphatic carbocycles. The Hall–Kier alpha value is -1.02. The zero-order valence-corrected chi connectivity index (χ0v) is 14.2. The molecule has 0 saturated heterocycles. The zero-order valence-electron chi connectivity index (χ0n) is 12.7. The van der Waals surface area contributed by atoms with Crippen molar-refractivity contribution in [3.63, 3.8) is 0 Å². The quantitative estimate of drug-likeness (QED) is 0.766. The summed E-state index contributed by atoms with van der Waals surface area (Å²) in [6.07, 6.45) is 0.899. The van der Waals surface area contributed by atoms with E-state index in [1.807, 2.05) is 18.2 Å². The van der Waals surface area contributed by atoms with Crippen molar-refractivity contribution in [2.24, 2.45) is 0 Å². The van der Waals surface area contributed by atoms with Crippen molar-refractivity contribution in [1.29, 1.82) is 0 Å². The van der Waals surface area contributed by atoms with Gasteiger partial charge in [-0.15, -0.1) is 0 Å². The van der Waals surface area contributed by atoms with Gasteiger partial charge in [-0.05, 0) is 56.1 Å². The van der Waals surface area contributed by atoms with Gasteiger partial charge in [-0.3, -0.25) is 0 Å². The molecular formula is C18H21Cl2N. The third-order valence-electron chi connectivity index (χ3n) is 3.51. The fourth-order valence-electron chi connectivity index (χ4n) is 2.74. The lowest BCUT2D eigenvalue weighted by molar-refractivity contribution is 0.550. The van der Waals surface area contributed by atoms with Crippen LogP contribution >= 0.6 is 23.2 Å². The van der Waals surface area contributed by atoms with E-state index in [1.165, 1.54) is 16.7 Å². The predicted molar refractivity (Wildman–Crippen MR) is 92.5 cm³/mol. The average Bonchev–Trinajstić information content (AvgIpc) is 2.40. The summed E-state index contributed by atoms with van der Waals surface area (Å²) in [4.78, 5) is 0. The molecule has 0 aromatic heterocycles. The second-order valence-corrected chi connectivity index (χ2v) is 6.32. The van der Waals surface area contributed by atoms with Crippen LogP contribution in [0.4, 0.5) is 0 Å². The van der Waals surface area contributed by atoms with Gasteiger partial charge >= 0.3 is 0 Å². The van der Waals surface area contributed by atoms with Crippen LogP contribution in [-0.4, -0.2) is 6.54 Å². The van der Waals surface area contributed by atoms with E-state index < -0.39 is 0 Å². The molecule has 1 N–H and O–H groups in total. The molecule has 0 bridgehead atoms. The lowest BCUT2D eigenvalue weighted by Crippen LogP contribution is -2.23. The summed E-state index contributed by atoms with van der Waals surface area (Å²) in [5.41, 5.74) is 4.95. The second-order valence-electron chi connectivity index (χ2n) is 5.48. The Morgan fingerprint density at radius 2 is 1.67 bits per heavy atom. The van der Waals surface area contributed by atoms with Gasteiger partial charge in [0, 0.05) is 16.1 Å². The molecule has 112 valence electrons. The summed E-state index contributed by atoms with van der Waals surface area (Å²) in [6, 6.07) is 12.5. The van der Waals surface area contributed by atoms with E-state index >= 15 is 0 Å². The molecule has 0 heterocycles. The first-order valence-electron chi connectivity index (χ1n) is 7.25. The molecule has 0 radical (unpaired) electrons. The Morgan fingerprint density at radius 1 is 1.00 bits per heavy atom. The zero-order chi connectivity index (χ0) is 15.4. The maximum atomic E-state index is 6.36. The van der Waals surface area contributed by atoms with Gasteiger partial charge in [0.2, 0.25) is 0 Å². The average molecular weight is 322 g/mol. The molecule has 0 amide bonds. The molecule has 0 saturated carbocycles. The van der Waals surface area contributed by atoms with Crippen molar-refractivity contribution in [3.05, 3.63) is 68.7 Å². The summed E-state index contributed by atoms with van der Waals surface area (Å²) < 4.78 is 0. The van der Waals surface area contributed by atoms with Gasteiger partial charge in [0.05, 0.1) is 0 Å². The Morgan fingerprint density at radius 3 is 2.29 bits per heavy atom. The first-order chi connectivity index (χ1) is 9.99. The maximum absolute atomic E-state index is 6.36. The van der Waals surface area contributed by atoms with Crippen LogP contribution in [-0.2, 0) is 6.42 Å². The summed E-state index contributed by atoms with van der Waals surface area (Å²) in [5.74, 6) is 0. The summed E-state index contributed by atoms with van der Waals surface area (Å²) in [5, 5.41) is 4.99. The maximum Gasteiger partial charge on any atom is 0.0454 e. The van der Waals surface area contributed by atoms with Crippen molar-refractivity contribution >= 4 is 23.2 Å². The fourth-order valence-corrected chi connectivity index (χ4v) is 3.17. The number of likely N-dealkylation sites (N-methyl/N-ethyl adjacent to an activating group) is 1. The van der Waals surface area contributed by atoms with Gasteiger partial charge in [-0.2, -0.15) is 0 Å². The summed E-state index contributed by atoms with van der Waals surface area (Å²) >= 11 is 12.5. The van der Waals surface area contributed by atoms with Crippen LogP contribution in [0, 0.1) is 13.8 Å². The van der Waals surface area contributed by atoms with E-state index in [4.69, 9.17) is 23.2 Å². The summed E-state index contributed by atoms with van der Waals surface area (Å²) in [6.45, 7) is 7.25. The van der Waals surface area contributed by atoms with Gasteiger partial charge in [0.15, 0.2) is 0 Å². The van der Waals surface area contributed by atoms with Crippen molar-refractivity contribution in [2.45, 2.75) is 33.2 Å². The lowest BCUT2D eigenvalue weighted by atomic mass is 9.96. The molecule has 2 aromatic rings. The minimum Gasteiger partial charge on any atom is -0.310 e. The van der Waals surface area contributed by atoms with Crippen LogP contribution in [0.15, 0.2) is 36.4 Å². The molecule has 21 heavy (non-hydrogen) atoms. The first kappa shape index (κ1) is 16.4. The molecule has 1 unspecified atom stereocenters. The van der Waals surface area contributed by atoms with Crippen molar-refractivity contribution in [2.75, 3.05) is 6.54 Å². The largest absolute Gasteiger partial charge is 0.310 e. The Kier molecular flexibility index (Phi) is 5.69. The molecule has 0 spiro atoms. The van der Waals surface area contributed by atoms with E-state index in [9.17, 15) is 0 Å². The van der Waals surface area contributed by atoms with Gasteiger partial charge in [-0.1, -0.05) is 59.5 Å². The standard InChI is InChI=1S/C18H21Cl2N/c1-4-21-18(16-11-15(19)5-6-17(16)20)10-14-8-12(2)7-13(3)9-14/h5-9,11,18,21H,4,10H2,1-3H3. The van der Waals surface area contributed by atoms with E-state index in [1.54, 1.807) is 0 Å². The predicted octanol–water partition coefficient (Wildman–Crippen LogP) is 5.50. The SMILES string of the molecule is CCNC(Cc1cc(C)cc(C)c1)c1cc(Cl)ccc1Cl. The molecule has 2 rings (SSSR count). The normalized spacial score (nSPS) is 12.4. The smallest absolute Gasteiger partial charge is 0.0454 e. The van der Waals surface area contributed by atoms with Crippen LogP contribution < -0.4 is 5.32 Å². The highest BCUT2D eigenvalue weighted by Crippen LogP contribution is 2.29. The number of aryl methyl sites for hydroxylation is 2. The molecule has 3 heteroatoms. The first-order valence-corrected chi connectivity index (χ1v) is 8.00. The van der Waals surface area contributed by atoms with Crippen LogP contribution in [0.1, 0.15) is 35.2 Å². The minimum atomic E-state index is 0.169. The van der Waals surface area contributed by atoms with Crippen LogP contribution in [0.2, 0.25) is 10.0 Å². The Labute approximate surface area is 137 Å².